The third-order valence-corrected chi connectivity index (χ3v) is 14.1. The third-order valence-electron chi connectivity index (χ3n) is 12.7. The Labute approximate surface area is 441 Å². The molecule has 0 amide bonds. The van der Waals surface area contributed by atoms with Gasteiger partial charge in [-0.2, -0.15) is 6.08 Å². The van der Waals surface area contributed by atoms with Gasteiger partial charge in [0.1, 0.15) is 0 Å². The molecular formula is C63H56Cl4Zr. The molecule has 0 saturated carbocycles. The van der Waals surface area contributed by atoms with Crippen LogP contribution in [0.5, 0.6) is 0 Å². The molecule has 0 spiro atoms. The summed E-state index contributed by atoms with van der Waals surface area (Å²) in [6, 6.07) is 71.5. The van der Waals surface area contributed by atoms with Gasteiger partial charge in [0.15, 0.2) is 0 Å². The van der Waals surface area contributed by atoms with Crippen molar-refractivity contribution in [2.45, 2.75) is 57.8 Å². The normalized spacial score (nSPS) is 11.8. The molecule has 0 N–H and O–H groups in total. The second-order valence-corrected chi connectivity index (χ2v) is 20.7. The van der Waals surface area contributed by atoms with Crippen molar-refractivity contribution in [1.29, 1.82) is 0 Å². The van der Waals surface area contributed by atoms with E-state index in [2.05, 4.69) is 216 Å². The standard InChI is InChI=1S/C43H35Cl2.C15H14.C5H5.2ClH.Zr/c1-42(2,32-11-7-5-8-12-32)40-26-36-30(24-38(40)28-15-19-34(44)20-16-28)23-31-25-39(29-17-21-35(45)22-18-29)41(27-37(31)36)43(3,4)33-13-9-6-10-14-33;1-3-8-14(9-4-1)12-7-13-15-10-5-2-6-11-15;1-2-4-5-3-1;;;/h5-27H,1-4H3;1-6,8-11H,12-13H2;1-3H,4H2;2*1H;/q-1;;-1;;;+2. The van der Waals surface area contributed by atoms with E-state index >= 15 is 0 Å². The van der Waals surface area contributed by atoms with Crippen LogP contribution in [-0.2, 0) is 47.9 Å². The van der Waals surface area contributed by atoms with Crippen molar-refractivity contribution in [3.8, 4) is 22.3 Å². The van der Waals surface area contributed by atoms with E-state index in [9.17, 15) is 0 Å². The van der Waals surface area contributed by atoms with Gasteiger partial charge in [0.25, 0.3) is 0 Å². The van der Waals surface area contributed by atoms with Crippen LogP contribution in [0.3, 0.4) is 0 Å². The minimum atomic E-state index is -0.233. The molecule has 0 aromatic heterocycles. The van der Waals surface area contributed by atoms with Gasteiger partial charge in [-0.3, -0.25) is 6.08 Å². The molecule has 5 heteroatoms. The minimum absolute atomic E-state index is 0. The fourth-order valence-electron chi connectivity index (χ4n) is 8.98. The number of rotatable bonds is 10. The van der Waals surface area contributed by atoms with Gasteiger partial charge in [0.2, 0.25) is 0 Å². The van der Waals surface area contributed by atoms with Crippen molar-refractivity contribution in [2.75, 3.05) is 0 Å². The van der Waals surface area contributed by atoms with E-state index < -0.39 is 0 Å². The summed E-state index contributed by atoms with van der Waals surface area (Å²) >= 11 is 14.2. The number of halogens is 4. The van der Waals surface area contributed by atoms with Crippen LogP contribution in [0.15, 0.2) is 218 Å². The summed E-state index contributed by atoms with van der Waals surface area (Å²) in [5.41, 5.74) is 12.3. The fourth-order valence-corrected chi connectivity index (χ4v) is 10.2. The van der Waals surface area contributed by atoms with Gasteiger partial charge in [-0.15, -0.1) is 71.0 Å². The summed E-state index contributed by atoms with van der Waals surface area (Å²) in [6.07, 6.45) is 12.2. The topological polar surface area (TPSA) is 0 Å². The average molecular weight is 1050 g/mol. The second-order valence-electron chi connectivity index (χ2n) is 18.0. The molecule has 9 aromatic carbocycles. The van der Waals surface area contributed by atoms with Gasteiger partial charge in [-0.05, 0) is 68.8 Å². The molecular weight excluding hydrogens is 990 g/mol. The molecule has 0 saturated heterocycles. The average Bonchev–Trinajstić information content (AvgIpc) is 4.05. The summed E-state index contributed by atoms with van der Waals surface area (Å²) in [7, 11) is 0. The zero-order chi connectivity index (χ0) is 46.1. The van der Waals surface area contributed by atoms with Crippen LogP contribution in [0.25, 0.3) is 43.8 Å². The van der Waals surface area contributed by atoms with Crippen LogP contribution >= 0.6 is 48.0 Å². The SMILES string of the molecule is CC(C)(c1ccccc1)c1cc2c(cc1-c1ccc(Cl)cc1)[cH-]c1cc(-c3ccc(Cl)cc3)c(C(C)(C)c3ccccc3)cc12.Cl.Cl.[C-]1=CC=CC1.[Zr+2]=[C](Cc1ccccc1)Cc1ccccc1. The molecule has 1 aliphatic carbocycles. The molecule has 0 fully saturated rings. The van der Waals surface area contributed by atoms with Gasteiger partial charge < -0.3 is 0 Å². The number of allylic oxidation sites excluding steroid dienone is 4. The van der Waals surface area contributed by atoms with Crippen molar-refractivity contribution in [1.82, 2.24) is 0 Å². The number of hydrogen-bond donors (Lipinski definition) is 0. The Morgan fingerprint density at radius 3 is 1.21 bits per heavy atom. The zero-order valence-electron chi connectivity index (χ0n) is 39.0. The van der Waals surface area contributed by atoms with E-state index in [0.29, 0.717) is 0 Å². The van der Waals surface area contributed by atoms with Gasteiger partial charge in [0, 0.05) is 20.9 Å². The Balaban J connectivity index is 0.000000274. The Morgan fingerprint density at radius 2 is 0.882 bits per heavy atom. The van der Waals surface area contributed by atoms with E-state index in [4.69, 9.17) is 23.2 Å². The van der Waals surface area contributed by atoms with Gasteiger partial charge >= 0.3 is 112 Å². The Morgan fingerprint density at radius 1 is 0.515 bits per heavy atom. The quantitative estimate of drug-likeness (QED) is 0.120. The molecule has 0 unspecified atom stereocenters. The zero-order valence-corrected chi connectivity index (χ0v) is 44.6. The third kappa shape index (κ3) is 12.6. The number of hydrogen-bond acceptors (Lipinski definition) is 0. The molecule has 1 aliphatic rings. The van der Waals surface area contributed by atoms with E-state index in [-0.39, 0.29) is 35.6 Å². The molecule has 0 atom stereocenters. The first-order chi connectivity index (χ1) is 32.0. The van der Waals surface area contributed by atoms with Crippen molar-refractivity contribution >= 4 is 72.8 Å². The molecule has 9 aromatic rings. The van der Waals surface area contributed by atoms with Gasteiger partial charge in [-0.25, -0.2) is 12.2 Å². The second kappa shape index (κ2) is 24.0. The molecule has 0 nitrogen and oxygen atoms in total. The van der Waals surface area contributed by atoms with E-state index in [1.807, 2.05) is 36.4 Å². The van der Waals surface area contributed by atoms with Crippen molar-refractivity contribution in [3.05, 3.63) is 268 Å². The van der Waals surface area contributed by atoms with Crippen molar-refractivity contribution < 1.29 is 24.2 Å². The van der Waals surface area contributed by atoms with Crippen molar-refractivity contribution in [3.63, 3.8) is 0 Å². The summed E-state index contributed by atoms with van der Waals surface area (Å²) in [6.45, 7) is 9.32. The predicted molar refractivity (Wildman–Crippen MR) is 296 cm³/mol. The molecule has 0 radical (unpaired) electrons. The Bertz CT molecular complexity index is 2890. The van der Waals surface area contributed by atoms with E-state index in [1.54, 1.807) is 27.4 Å². The predicted octanol–water partition coefficient (Wildman–Crippen LogP) is 18.3. The van der Waals surface area contributed by atoms with Gasteiger partial charge in [-0.1, -0.05) is 148 Å². The Kier molecular flexibility index (Phi) is 18.5. The first-order valence-corrected chi connectivity index (χ1v) is 24.7. The number of fused-ring (bicyclic) bond motifs is 3. The summed E-state index contributed by atoms with van der Waals surface area (Å²) < 4.78 is 1.60. The first kappa shape index (κ1) is 52.4. The molecule has 10 rings (SSSR count). The van der Waals surface area contributed by atoms with Crippen LogP contribution in [0.4, 0.5) is 0 Å². The summed E-state index contributed by atoms with van der Waals surface area (Å²) in [5.74, 6) is 0. The number of benzene rings is 8. The van der Waals surface area contributed by atoms with Crippen LogP contribution in [0.1, 0.15) is 67.5 Å². The molecule has 0 aliphatic heterocycles. The van der Waals surface area contributed by atoms with E-state index in [1.165, 1.54) is 77.2 Å². The van der Waals surface area contributed by atoms with Crippen molar-refractivity contribution in [2.24, 2.45) is 0 Å². The van der Waals surface area contributed by atoms with Crippen LogP contribution in [0.2, 0.25) is 10.0 Å². The fraction of sp³-hybridized carbons (Fsp3) is 0.143. The molecule has 68 heavy (non-hydrogen) atoms. The first-order valence-electron chi connectivity index (χ1n) is 22.7. The van der Waals surface area contributed by atoms with Crippen LogP contribution in [0, 0.1) is 6.08 Å². The molecule has 0 bridgehead atoms. The molecule has 340 valence electrons. The summed E-state index contributed by atoms with van der Waals surface area (Å²) in [5, 5.41) is 6.50. The Hall–Kier alpha value is -4.98. The van der Waals surface area contributed by atoms with Gasteiger partial charge in [0.05, 0.1) is 0 Å². The van der Waals surface area contributed by atoms with Crippen LogP contribution in [-0.4, -0.2) is 3.21 Å². The maximum atomic E-state index is 6.34. The summed E-state index contributed by atoms with van der Waals surface area (Å²) in [4.78, 5) is 0. The van der Waals surface area contributed by atoms with Crippen LogP contribution < -0.4 is 0 Å². The van der Waals surface area contributed by atoms with E-state index in [0.717, 1.165) is 29.3 Å². The molecule has 0 heterocycles. The maximum absolute atomic E-state index is 6.34. The monoisotopic (exact) mass is 1040 g/mol.